The van der Waals surface area contributed by atoms with Crippen molar-refractivity contribution >= 4 is 18.0 Å². The van der Waals surface area contributed by atoms with Crippen molar-refractivity contribution in [2.24, 2.45) is 7.05 Å². The Morgan fingerprint density at radius 1 is 1.40 bits per heavy atom. The Labute approximate surface area is 91.3 Å². The maximum Gasteiger partial charge on any atom is 0.190 e. The average molecular weight is 219 g/mol. The second-order valence-electron chi connectivity index (χ2n) is 2.92. The average Bonchev–Trinajstić information content (AvgIpc) is 2.65. The van der Waals surface area contributed by atoms with Gasteiger partial charge in [-0.2, -0.15) is 5.10 Å². The monoisotopic (exact) mass is 219 g/mol. The van der Waals surface area contributed by atoms with Gasteiger partial charge < -0.3 is 0 Å². The molecule has 1 aromatic carbocycles. The lowest BCUT2D eigenvalue weighted by Crippen LogP contribution is -1.93. The highest BCUT2D eigenvalue weighted by Crippen LogP contribution is 2.27. The lowest BCUT2D eigenvalue weighted by atomic mass is 10.2. The Balaban J connectivity index is 2.32. The first kappa shape index (κ1) is 9.92. The van der Waals surface area contributed by atoms with E-state index < -0.39 is 0 Å². The maximum absolute atomic E-state index is 10.8. The highest BCUT2D eigenvalue weighted by atomic mass is 32.2. The van der Waals surface area contributed by atoms with Crippen molar-refractivity contribution in [2.75, 3.05) is 0 Å². The Hall–Kier alpha value is -1.62. The number of aromatic nitrogens is 3. The van der Waals surface area contributed by atoms with Crippen LogP contribution in [-0.4, -0.2) is 21.1 Å². The van der Waals surface area contributed by atoms with Crippen molar-refractivity contribution in [3.63, 3.8) is 0 Å². The first-order chi connectivity index (χ1) is 7.31. The molecule has 0 unspecified atom stereocenters. The van der Waals surface area contributed by atoms with Gasteiger partial charge in [0.25, 0.3) is 0 Å². The molecule has 76 valence electrons. The van der Waals surface area contributed by atoms with E-state index in [0.29, 0.717) is 5.56 Å². The summed E-state index contributed by atoms with van der Waals surface area (Å²) in [6, 6.07) is 7.41. The molecule has 0 amide bonds. The smallest absolute Gasteiger partial charge is 0.190 e. The summed E-state index contributed by atoms with van der Waals surface area (Å²) in [5.41, 5.74) is 0.672. The maximum atomic E-state index is 10.8. The third kappa shape index (κ3) is 2.07. The van der Waals surface area contributed by atoms with Gasteiger partial charge in [0.1, 0.15) is 6.33 Å². The number of aldehydes is 1. The highest BCUT2D eigenvalue weighted by Gasteiger charge is 2.06. The van der Waals surface area contributed by atoms with Crippen LogP contribution >= 0.6 is 11.8 Å². The van der Waals surface area contributed by atoms with E-state index in [1.54, 1.807) is 10.7 Å². The summed E-state index contributed by atoms with van der Waals surface area (Å²) in [5, 5.41) is 4.73. The minimum atomic E-state index is 0.672. The van der Waals surface area contributed by atoms with Crippen molar-refractivity contribution in [2.45, 2.75) is 10.1 Å². The molecule has 0 N–H and O–H groups in total. The van der Waals surface area contributed by atoms with Gasteiger partial charge in [0, 0.05) is 17.5 Å². The van der Waals surface area contributed by atoms with Gasteiger partial charge >= 0.3 is 0 Å². The summed E-state index contributed by atoms with van der Waals surface area (Å²) in [5.74, 6) is 0. The molecule has 15 heavy (non-hydrogen) atoms. The highest BCUT2D eigenvalue weighted by molar-refractivity contribution is 7.99. The van der Waals surface area contributed by atoms with E-state index in [1.165, 1.54) is 18.1 Å². The van der Waals surface area contributed by atoms with Crippen LogP contribution in [0, 0.1) is 0 Å². The molecule has 0 fully saturated rings. The Morgan fingerprint density at radius 3 is 2.87 bits per heavy atom. The van der Waals surface area contributed by atoms with Gasteiger partial charge in [-0.1, -0.05) is 18.2 Å². The van der Waals surface area contributed by atoms with Crippen LogP contribution in [-0.2, 0) is 7.05 Å². The van der Waals surface area contributed by atoms with Crippen LogP contribution < -0.4 is 0 Å². The molecule has 0 saturated heterocycles. The summed E-state index contributed by atoms with van der Waals surface area (Å²) in [7, 11) is 1.82. The molecule has 5 heteroatoms. The second-order valence-corrected chi connectivity index (χ2v) is 3.93. The zero-order chi connectivity index (χ0) is 10.7. The molecule has 1 heterocycles. The quantitative estimate of drug-likeness (QED) is 0.738. The zero-order valence-corrected chi connectivity index (χ0v) is 8.94. The Morgan fingerprint density at radius 2 is 2.20 bits per heavy atom. The minimum Gasteiger partial charge on any atom is -0.298 e. The van der Waals surface area contributed by atoms with Gasteiger partial charge in [0.2, 0.25) is 0 Å². The predicted octanol–water partition coefficient (Wildman–Crippen LogP) is 1.78. The van der Waals surface area contributed by atoms with Gasteiger partial charge in [-0.05, 0) is 17.8 Å². The number of hydrogen-bond donors (Lipinski definition) is 0. The molecular formula is C10H9N3OS. The van der Waals surface area contributed by atoms with E-state index in [4.69, 9.17) is 0 Å². The van der Waals surface area contributed by atoms with E-state index in [1.807, 2.05) is 25.2 Å². The Kier molecular flexibility index (Phi) is 2.82. The van der Waals surface area contributed by atoms with E-state index in [-0.39, 0.29) is 0 Å². The van der Waals surface area contributed by atoms with Crippen molar-refractivity contribution in [3.8, 4) is 0 Å². The molecule has 0 aliphatic rings. The number of nitrogens with zero attached hydrogens (tertiary/aromatic N) is 3. The fraction of sp³-hybridized carbons (Fsp3) is 0.100. The second kappa shape index (κ2) is 4.27. The molecular weight excluding hydrogens is 210 g/mol. The number of carbonyl (C=O) groups excluding carboxylic acids is 1. The third-order valence-corrected chi connectivity index (χ3v) is 3.06. The summed E-state index contributed by atoms with van der Waals surface area (Å²) < 4.78 is 1.67. The van der Waals surface area contributed by atoms with Crippen molar-refractivity contribution in [3.05, 3.63) is 36.2 Å². The van der Waals surface area contributed by atoms with Gasteiger partial charge in [-0.15, -0.1) is 0 Å². The van der Waals surface area contributed by atoms with Crippen LogP contribution in [0.5, 0.6) is 0 Å². The van der Waals surface area contributed by atoms with Crippen molar-refractivity contribution in [1.82, 2.24) is 14.8 Å². The molecule has 0 spiro atoms. The molecule has 1 aromatic heterocycles. The Bertz CT molecular complexity index is 481. The topological polar surface area (TPSA) is 47.8 Å². The third-order valence-electron chi connectivity index (χ3n) is 1.92. The summed E-state index contributed by atoms with van der Waals surface area (Å²) in [6.45, 7) is 0. The zero-order valence-electron chi connectivity index (χ0n) is 8.12. The van der Waals surface area contributed by atoms with Crippen LogP contribution in [0.15, 0.2) is 40.6 Å². The minimum absolute atomic E-state index is 0.672. The lowest BCUT2D eigenvalue weighted by molar-refractivity contribution is 0.112. The SMILES string of the molecule is Cn1ncnc1Sc1ccccc1C=O. The predicted molar refractivity (Wildman–Crippen MR) is 57.0 cm³/mol. The molecule has 0 atom stereocenters. The van der Waals surface area contributed by atoms with E-state index in [9.17, 15) is 4.79 Å². The number of hydrogen-bond acceptors (Lipinski definition) is 4. The van der Waals surface area contributed by atoms with E-state index >= 15 is 0 Å². The molecule has 0 saturated carbocycles. The summed E-state index contributed by atoms with van der Waals surface area (Å²) in [4.78, 5) is 15.8. The molecule has 0 bridgehead atoms. The largest absolute Gasteiger partial charge is 0.298 e. The van der Waals surface area contributed by atoms with Crippen LogP contribution in [0.4, 0.5) is 0 Å². The number of carbonyl (C=O) groups is 1. The molecule has 0 aliphatic heterocycles. The normalized spacial score (nSPS) is 10.2. The summed E-state index contributed by atoms with van der Waals surface area (Å²) >= 11 is 1.43. The first-order valence-electron chi connectivity index (χ1n) is 4.37. The van der Waals surface area contributed by atoms with Gasteiger partial charge in [0.05, 0.1) is 0 Å². The molecule has 2 aromatic rings. The number of benzene rings is 1. The standard InChI is InChI=1S/C10H9N3OS/c1-13-10(11-7-12-13)15-9-5-3-2-4-8(9)6-14/h2-7H,1H3. The molecule has 4 nitrogen and oxygen atoms in total. The molecule has 0 radical (unpaired) electrons. The van der Waals surface area contributed by atoms with E-state index in [0.717, 1.165) is 16.3 Å². The molecule has 0 aliphatic carbocycles. The first-order valence-corrected chi connectivity index (χ1v) is 5.19. The van der Waals surface area contributed by atoms with Gasteiger partial charge in [-0.3, -0.25) is 4.79 Å². The van der Waals surface area contributed by atoms with Crippen LogP contribution in [0.3, 0.4) is 0 Å². The van der Waals surface area contributed by atoms with E-state index in [2.05, 4.69) is 10.1 Å². The molecule has 2 rings (SSSR count). The van der Waals surface area contributed by atoms with Crippen LogP contribution in [0.1, 0.15) is 10.4 Å². The number of rotatable bonds is 3. The fourth-order valence-electron chi connectivity index (χ4n) is 1.15. The lowest BCUT2D eigenvalue weighted by Gasteiger charge is -2.02. The van der Waals surface area contributed by atoms with Crippen LogP contribution in [0.2, 0.25) is 0 Å². The summed E-state index contributed by atoms with van der Waals surface area (Å²) in [6.07, 6.45) is 2.34. The fourth-order valence-corrected chi connectivity index (χ4v) is 2.00. The van der Waals surface area contributed by atoms with Crippen molar-refractivity contribution < 1.29 is 4.79 Å². The van der Waals surface area contributed by atoms with Gasteiger partial charge in [-0.25, -0.2) is 9.67 Å². The van der Waals surface area contributed by atoms with Gasteiger partial charge in [0.15, 0.2) is 11.4 Å². The van der Waals surface area contributed by atoms with Crippen molar-refractivity contribution in [1.29, 1.82) is 0 Å². The van der Waals surface area contributed by atoms with Crippen LogP contribution in [0.25, 0.3) is 0 Å². The number of aryl methyl sites for hydroxylation is 1.